The van der Waals surface area contributed by atoms with Crippen LogP contribution in [0.4, 0.5) is 26.2 Å². The van der Waals surface area contributed by atoms with Crippen LogP contribution in [0.2, 0.25) is 0 Å². The maximum absolute atomic E-state index is 13.8. The lowest BCUT2D eigenvalue weighted by atomic mass is 10.2. The number of amides is 2. The summed E-state index contributed by atoms with van der Waals surface area (Å²) in [6.07, 6.45) is 1.54. The third kappa shape index (κ3) is 3.70. The van der Waals surface area contributed by atoms with E-state index in [0.29, 0.717) is 29.5 Å². The fraction of sp³-hybridized carbons (Fsp3) is 0.100. The van der Waals surface area contributed by atoms with E-state index in [1.54, 1.807) is 36.6 Å². The molecule has 4 rings (SSSR count). The molecule has 0 radical (unpaired) electrons. The summed E-state index contributed by atoms with van der Waals surface area (Å²) in [6.45, 7) is 0.328. The van der Waals surface area contributed by atoms with Gasteiger partial charge in [0.2, 0.25) is 5.55 Å². The minimum Gasteiger partial charge on any atom is -0.497 e. The van der Waals surface area contributed by atoms with Crippen molar-refractivity contribution < 1.29 is 18.3 Å². The second-order valence-electron chi connectivity index (χ2n) is 6.22. The van der Waals surface area contributed by atoms with Gasteiger partial charge < -0.3 is 30.4 Å². The number of methoxy groups -OCH3 is 1. The summed E-state index contributed by atoms with van der Waals surface area (Å²) < 4.78 is 24.1. The van der Waals surface area contributed by atoms with Gasteiger partial charge in [0.05, 0.1) is 24.3 Å². The van der Waals surface area contributed by atoms with Gasteiger partial charge in [-0.3, -0.25) is 0 Å². The van der Waals surface area contributed by atoms with Crippen LogP contribution in [0.15, 0.2) is 64.2 Å². The first-order valence-electron chi connectivity index (χ1n) is 8.72. The molecule has 4 N–H and O–H groups in total. The van der Waals surface area contributed by atoms with E-state index in [1.807, 2.05) is 4.90 Å². The first kappa shape index (κ1) is 18.4. The number of nitrogens with two attached hydrogens (primary N) is 1. The number of furan rings is 1. The number of anilines is 3. The number of carbonyl (C=O) groups is 1. The molecular formula is C20H18FN5O3. The van der Waals surface area contributed by atoms with Gasteiger partial charge in [0.15, 0.2) is 0 Å². The zero-order valence-corrected chi connectivity index (χ0v) is 15.5. The van der Waals surface area contributed by atoms with Crippen LogP contribution < -0.4 is 36.8 Å². The third-order valence-corrected chi connectivity index (χ3v) is 4.43. The number of nitrogens with zero attached hydrogens (tertiary/aromatic N) is 2. The van der Waals surface area contributed by atoms with Crippen molar-refractivity contribution in [3.8, 4) is 5.75 Å². The molecule has 9 heteroatoms. The molecule has 1 aliphatic heterocycles. The minimum absolute atomic E-state index is 0.0201. The van der Waals surface area contributed by atoms with E-state index in [0.717, 1.165) is 10.9 Å². The van der Waals surface area contributed by atoms with Crippen LogP contribution in [0.1, 0.15) is 0 Å². The Hall–Kier alpha value is -4.01. The Labute approximate surface area is 165 Å². The number of nitrogens with one attached hydrogen (secondary N) is 2. The monoisotopic (exact) mass is 395 g/mol. The molecule has 0 fully saturated rings. The van der Waals surface area contributed by atoms with Crippen molar-refractivity contribution >= 4 is 28.9 Å². The number of hydrogen-bond donors (Lipinski definition) is 3. The van der Waals surface area contributed by atoms with Crippen LogP contribution in [0.3, 0.4) is 0 Å². The Morgan fingerprint density at radius 1 is 1.21 bits per heavy atom. The SMILES string of the molecule is COc1ccc(F)c(NC(=O)Nc2ccc(N3CN=c4occc4=C3N)cc2)c1. The number of rotatable bonds is 4. The van der Waals surface area contributed by atoms with Crippen molar-refractivity contribution in [2.75, 3.05) is 29.3 Å². The number of hydrogen-bond acceptors (Lipinski definition) is 6. The highest BCUT2D eigenvalue weighted by Gasteiger charge is 2.15. The molecule has 0 bridgehead atoms. The summed E-state index contributed by atoms with van der Waals surface area (Å²) >= 11 is 0. The number of carbonyl (C=O) groups excluding carboxylic acids is 1. The van der Waals surface area contributed by atoms with Crippen molar-refractivity contribution in [1.29, 1.82) is 0 Å². The molecule has 2 aromatic carbocycles. The van der Waals surface area contributed by atoms with Crippen LogP contribution in [0, 0.1) is 5.82 Å². The van der Waals surface area contributed by atoms with E-state index in [2.05, 4.69) is 15.6 Å². The lowest BCUT2D eigenvalue weighted by Gasteiger charge is -2.24. The smallest absolute Gasteiger partial charge is 0.323 e. The van der Waals surface area contributed by atoms with E-state index in [1.165, 1.54) is 25.3 Å². The van der Waals surface area contributed by atoms with Gasteiger partial charge in [-0.2, -0.15) is 0 Å². The number of halogens is 1. The molecule has 0 aliphatic carbocycles. The molecule has 0 spiro atoms. The normalized spacial score (nSPS) is 12.8. The number of urea groups is 1. The van der Waals surface area contributed by atoms with Crippen molar-refractivity contribution in [1.82, 2.24) is 0 Å². The Bertz CT molecular complexity index is 1170. The predicted molar refractivity (Wildman–Crippen MR) is 106 cm³/mol. The van der Waals surface area contributed by atoms with E-state index < -0.39 is 11.8 Å². The van der Waals surface area contributed by atoms with Crippen molar-refractivity contribution in [3.63, 3.8) is 0 Å². The van der Waals surface area contributed by atoms with Gasteiger partial charge in [-0.1, -0.05) is 0 Å². The van der Waals surface area contributed by atoms with E-state index in [-0.39, 0.29) is 5.69 Å². The van der Waals surface area contributed by atoms with Gasteiger partial charge in [0.25, 0.3) is 0 Å². The molecule has 0 saturated heterocycles. The van der Waals surface area contributed by atoms with Crippen LogP contribution in [0.25, 0.3) is 5.82 Å². The van der Waals surface area contributed by atoms with Gasteiger partial charge in [-0.05, 0) is 42.5 Å². The average molecular weight is 395 g/mol. The molecule has 2 heterocycles. The number of benzene rings is 2. The van der Waals surface area contributed by atoms with Gasteiger partial charge in [-0.25, -0.2) is 14.2 Å². The quantitative estimate of drug-likeness (QED) is 0.628. The second kappa shape index (κ2) is 7.55. The lowest BCUT2D eigenvalue weighted by Crippen LogP contribution is -2.42. The molecule has 1 aliphatic rings. The Kier molecular flexibility index (Phi) is 4.78. The molecule has 0 unspecified atom stereocenters. The average Bonchev–Trinajstić information content (AvgIpc) is 3.20. The van der Waals surface area contributed by atoms with Gasteiger partial charge in [0, 0.05) is 17.4 Å². The molecule has 0 atom stereocenters. The molecular weight excluding hydrogens is 377 g/mol. The van der Waals surface area contributed by atoms with Crippen molar-refractivity contribution in [2.45, 2.75) is 0 Å². The molecule has 3 aromatic rings. The molecule has 2 amide bonds. The van der Waals surface area contributed by atoms with Gasteiger partial charge in [0.1, 0.15) is 24.1 Å². The predicted octanol–water partition coefficient (Wildman–Crippen LogP) is 2.19. The van der Waals surface area contributed by atoms with Gasteiger partial charge in [-0.15, -0.1) is 0 Å². The highest BCUT2D eigenvalue weighted by Crippen LogP contribution is 2.23. The zero-order chi connectivity index (χ0) is 20.4. The maximum atomic E-state index is 13.8. The zero-order valence-electron chi connectivity index (χ0n) is 15.5. The molecule has 8 nitrogen and oxygen atoms in total. The fourth-order valence-corrected chi connectivity index (χ4v) is 2.93. The Morgan fingerprint density at radius 2 is 2.00 bits per heavy atom. The van der Waals surface area contributed by atoms with E-state index >= 15 is 0 Å². The largest absolute Gasteiger partial charge is 0.497 e. The summed E-state index contributed by atoms with van der Waals surface area (Å²) in [5.41, 5.74) is 8.08. The second-order valence-corrected chi connectivity index (χ2v) is 6.22. The lowest BCUT2D eigenvalue weighted by molar-refractivity contribution is 0.262. The number of ether oxygens (including phenoxy) is 1. The third-order valence-electron chi connectivity index (χ3n) is 4.43. The Morgan fingerprint density at radius 3 is 2.76 bits per heavy atom. The van der Waals surface area contributed by atoms with Crippen LogP contribution in [-0.4, -0.2) is 19.8 Å². The molecule has 148 valence electrons. The van der Waals surface area contributed by atoms with Crippen molar-refractivity contribution in [3.05, 3.63) is 71.4 Å². The highest BCUT2D eigenvalue weighted by molar-refractivity contribution is 6.00. The number of fused-ring (bicyclic) bond motifs is 1. The van der Waals surface area contributed by atoms with E-state index in [4.69, 9.17) is 14.9 Å². The highest BCUT2D eigenvalue weighted by atomic mass is 19.1. The van der Waals surface area contributed by atoms with Crippen LogP contribution in [0.5, 0.6) is 5.75 Å². The summed E-state index contributed by atoms with van der Waals surface area (Å²) in [5, 5.41) is 5.85. The summed E-state index contributed by atoms with van der Waals surface area (Å²) in [5.74, 6) is 0.415. The van der Waals surface area contributed by atoms with Crippen LogP contribution >= 0.6 is 0 Å². The first-order chi connectivity index (χ1) is 14.0. The first-order valence-corrected chi connectivity index (χ1v) is 8.72. The van der Waals surface area contributed by atoms with E-state index in [9.17, 15) is 9.18 Å². The molecule has 29 heavy (non-hydrogen) atoms. The summed E-state index contributed by atoms with van der Waals surface area (Å²) in [6, 6.07) is 12.3. The van der Waals surface area contributed by atoms with Gasteiger partial charge >= 0.3 is 6.03 Å². The maximum Gasteiger partial charge on any atom is 0.323 e. The van der Waals surface area contributed by atoms with Crippen LogP contribution in [-0.2, 0) is 0 Å². The fourth-order valence-electron chi connectivity index (χ4n) is 2.93. The molecule has 0 saturated carbocycles. The summed E-state index contributed by atoms with van der Waals surface area (Å²) in [7, 11) is 1.46. The molecule has 1 aromatic heterocycles. The Balaban J connectivity index is 1.46. The minimum atomic E-state index is -0.577. The summed E-state index contributed by atoms with van der Waals surface area (Å²) in [4.78, 5) is 18.4. The standard InChI is InChI=1S/C20H18FN5O3/c1-28-14-6-7-16(21)17(10-14)25-20(27)24-12-2-4-13(5-3-12)26-11-23-19-15(18(26)22)8-9-29-19/h2-10H,11,22H2,1H3,(H2,24,25,27). The van der Waals surface area contributed by atoms with Crippen molar-refractivity contribution in [2.24, 2.45) is 10.7 Å². The topological polar surface area (TPSA) is 105 Å².